The Kier molecular flexibility index (Phi) is 3.43. The topological polar surface area (TPSA) is 29.9 Å². The molecule has 3 aromatic heterocycles. The van der Waals surface area contributed by atoms with E-state index in [0.29, 0.717) is 5.82 Å². The van der Waals surface area contributed by atoms with E-state index in [1.807, 2.05) is 57.7 Å². The number of nitrogens with zero attached hydrogens (tertiary/aromatic N) is 5. The van der Waals surface area contributed by atoms with Crippen molar-refractivity contribution in [1.82, 2.24) is 9.78 Å². The molecule has 5 heteroatoms. The van der Waals surface area contributed by atoms with Crippen molar-refractivity contribution in [2.75, 3.05) is 0 Å². The number of hydrogen-bond donors (Lipinski definition) is 0. The molecule has 3 aromatic rings. The van der Waals surface area contributed by atoms with Crippen molar-refractivity contribution >= 4 is 5.82 Å². The largest absolute Gasteiger partial charge is 0.359 e. The Bertz CT molecular complexity index is 886. The SMILES string of the molecule is [C-]#[N+]c1cc(-c2cccc(-c3cccc[n+]3C)[n+]2C)n(C)n1. The summed E-state index contributed by atoms with van der Waals surface area (Å²) in [5.41, 5.74) is 4.17. The van der Waals surface area contributed by atoms with Crippen LogP contribution in [0.3, 0.4) is 0 Å². The Morgan fingerprint density at radius 1 is 1.05 bits per heavy atom. The fourth-order valence-corrected chi connectivity index (χ4v) is 2.63. The molecule has 3 heterocycles. The first-order chi connectivity index (χ1) is 10.6. The maximum atomic E-state index is 7.11. The van der Waals surface area contributed by atoms with Gasteiger partial charge in [-0.3, -0.25) is 0 Å². The second-order valence-corrected chi connectivity index (χ2v) is 5.18. The van der Waals surface area contributed by atoms with Crippen molar-refractivity contribution < 1.29 is 9.13 Å². The molecule has 3 rings (SSSR count). The summed E-state index contributed by atoms with van der Waals surface area (Å²) in [6, 6.07) is 14.1. The molecule has 0 saturated heterocycles. The lowest BCUT2D eigenvalue weighted by molar-refractivity contribution is -0.685. The van der Waals surface area contributed by atoms with E-state index < -0.39 is 0 Å². The molecule has 0 aromatic carbocycles. The fraction of sp³-hybridized carbons (Fsp3) is 0.176. The summed E-state index contributed by atoms with van der Waals surface area (Å²) in [6.45, 7) is 7.11. The molecule has 5 nitrogen and oxygen atoms in total. The van der Waals surface area contributed by atoms with Crippen LogP contribution in [0.2, 0.25) is 0 Å². The molecule has 0 N–H and O–H groups in total. The second-order valence-electron chi connectivity index (χ2n) is 5.18. The number of aromatic nitrogens is 4. The van der Waals surface area contributed by atoms with Crippen LogP contribution in [-0.2, 0) is 21.1 Å². The van der Waals surface area contributed by atoms with Crippen LogP contribution >= 0.6 is 0 Å². The molecule has 0 aliphatic carbocycles. The van der Waals surface area contributed by atoms with Crippen LogP contribution in [0.1, 0.15) is 0 Å². The van der Waals surface area contributed by atoms with E-state index in [1.165, 1.54) is 0 Å². The molecule has 0 fully saturated rings. The van der Waals surface area contributed by atoms with Crippen LogP contribution in [0, 0.1) is 6.57 Å². The number of aryl methyl sites for hydroxylation is 2. The highest BCUT2D eigenvalue weighted by Gasteiger charge is 2.24. The Hall–Kier alpha value is -3.00. The highest BCUT2D eigenvalue weighted by Crippen LogP contribution is 2.22. The zero-order chi connectivity index (χ0) is 15.7. The Morgan fingerprint density at radius 2 is 1.77 bits per heavy atom. The van der Waals surface area contributed by atoms with Gasteiger partial charge in [0.2, 0.25) is 5.69 Å². The zero-order valence-electron chi connectivity index (χ0n) is 12.9. The summed E-state index contributed by atoms with van der Waals surface area (Å²) in [7, 11) is 5.92. The molecule has 0 unspecified atom stereocenters. The molecule has 0 aliphatic rings. The van der Waals surface area contributed by atoms with E-state index in [-0.39, 0.29) is 0 Å². The van der Waals surface area contributed by atoms with Crippen LogP contribution < -0.4 is 9.13 Å². The molecule has 0 bridgehead atoms. The first kappa shape index (κ1) is 14.0. The molecular formula is C17H17N5+2. The Balaban J connectivity index is 2.20. The van der Waals surface area contributed by atoms with Crippen LogP contribution in [0.5, 0.6) is 0 Å². The number of rotatable bonds is 2. The van der Waals surface area contributed by atoms with E-state index in [0.717, 1.165) is 22.8 Å². The Morgan fingerprint density at radius 3 is 2.45 bits per heavy atom. The van der Waals surface area contributed by atoms with Gasteiger partial charge in [0.15, 0.2) is 6.20 Å². The highest BCUT2D eigenvalue weighted by atomic mass is 15.3. The van der Waals surface area contributed by atoms with Gasteiger partial charge in [-0.05, 0) is 23.3 Å². The lowest BCUT2D eigenvalue weighted by atomic mass is 10.2. The van der Waals surface area contributed by atoms with E-state index in [9.17, 15) is 0 Å². The predicted molar refractivity (Wildman–Crippen MR) is 82.7 cm³/mol. The fourth-order valence-electron chi connectivity index (χ4n) is 2.63. The maximum Gasteiger partial charge on any atom is 0.296 e. The minimum Gasteiger partial charge on any atom is -0.359 e. The normalized spacial score (nSPS) is 10.5. The van der Waals surface area contributed by atoms with Gasteiger partial charge in [0.1, 0.15) is 19.8 Å². The molecule has 0 amide bonds. The maximum absolute atomic E-state index is 7.11. The molecule has 0 saturated carbocycles. The highest BCUT2D eigenvalue weighted by molar-refractivity contribution is 5.59. The van der Waals surface area contributed by atoms with Crippen molar-refractivity contribution in [3.63, 3.8) is 0 Å². The molecule has 0 aliphatic heterocycles. The summed E-state index contributed by atoms with van der Waals surface area (Å²) >= 11 is 0. The zero-order valence-corrected chi connectivity index (χ0v) is 12.9. The second kappa shape index (κ2) is 5.41. The smallest absolute Gasteiger partial charge is 0.296 e. The minimum atomic E-state index is 0.410. The quantitative estimate of drug-likeness (QED) is 0.524. The lowest BCUT2D eigenvalue weighted by Crippen LogP contribution is -2.40. The van der Waals surface area contributed by atoms with Crippen molar-refractivity contribution in [3.05, 3.63) is 60.1 Å². The van der Waals surface area contributed by atoms with E-state index in [2.05, 4.69) is 31.2 Å². The Labute approximate surface area is 129 Å². The monoisotopic (exact) mass is 291 g/mol. The number of hydrogen-bond acceptors (Lipinski definition) is 1. The van der Waals surface area contributed by atoms with Gasteiger partial charge in [-0.2, -0.15) is 13.8 Å². The van der Waals surface area contributed by atoms with E-state index >= 15 is 0 Å². The number of pyridine rings is 2. The van der Waals surface area contributed by atoms with Crippen LogP contribution in [-0.4, -0.2) is 9.78 Å². The third kappa shape index (κ3) is 2.25. The van der Waals surface area contributed by atoms with Gasteiger partial charge in [0.25, 0.3) is 17.2 Å². The van der Waals surface area contributed by atoms with E-state index in [4.69, 9.17) is 6.57 Å². The molecule has 0 radical (unpaired) electrons. The lowest BCUT2D eigenvalue weighted by Gasteiger charge is -2.03. The molecule has 22 heavy (non-hydrogen) atoms. The summed E-state index contributed by atoms with van der Waals surface area (Å²) in [5, 5.41) is 4.21. The van der Waals surface area contributed by atoms with Crippen molar-refractivity contribution in [3.8, 4) is 22.8 Å². The average molecular weight is 291 g/mol. The molecule has 108 valence electrons. The van der Waals surface area contributed by atoms with Gasteiger partial charge >= 0.3 is 0 Å². The van der Waals surface area contributed by atoms with Gasteiger partial charge in [-0.15, -0.1) is 0 Å². The summed E-state index contributed by atoms with van der Waals surface area (Å²) in [5.74, 6) is 0.410. The van der Waals surface area contributed by atoms with Crippen LogP contribution in [0.15, 0.2) is 48.7 Å². The standard InChI is InChI=1S/C17H17N5/c1-18-17-12-16(22(4)19-17)15-10-7-9-14(21(15)3)13-8-5-6-11-20(13)2/h5-12H,2-4H3/q+2. The first-order valence-electron chi connectivity index (χ1n) is 6.98. The van der Waals surface area contributed by atoms with Crippen LogP contribution in [0.4, 0.5) is 5.82 Å². The van der Waals surface area contributed by atoms with E-state index in [1.54, 1.807) is 4.68 Å². The average Bonchev–Trinajstić information content (AvgIpc) is 2.89. The van der Waals surface area contributed by atoms with Crippen molar-refractivity contribution in [1.29, 1.82) is 0 Å². The van der Waals surface area contributed by atoms with Crippen LogP contribution in [0.25, 0.3) is 27.6 Å². The minimum absolute atomic E-state index is 0.410. The first-order valence-corrected chi connectivity index (χ1v) is 6.98. The van der Waals surface area contributed by atoms with Crippen molar-refractivity contribution in [2.45, 2.75) is 0 Å². The predicted octanol–water partition coefficient (Wildman–Crippen LogP) is 1.95. The molecular weight excluding hydrogens is 274 g/mol. The van der Waals surface area contributed by atoms with Gasteiger partial charge in [0.05, 0.1) is 7.05 Å². The third-order valence-electron chi connectivity index (χ3n) is 3.79. The van der Waals surface area contributed by atoms with Crippen molar-refractivity contribution in [2.24, 2.45) is 21.1 Å². The third-order valence-corrected chi connectivity index (χ3v) is 3.79. The molecule has 0 spiro atoms. The van der Waals surface area contributed by atoms with Gasteiger partial charge in [0, 0.05) is 24.3 Å². The van der Waals surface area contributed by atoms with Gasteiger partial charge in [-0.1, -0.05) is 6.57 Å². The summed E-state index contributed by atoms with van der Waals surface area (Å²) in [6.07, 6.45) is 2.03. The molecule has 0 atom stereocenters. The summed E-state index contributed by atoms with van der Waals surface area (Å²) < 4.78 is 5.96. The van der Waals surface area contributed by atoms with Gasteiger partial charge in [-0.25, -0.2) is 0 Å². The summed E-state index contributed by atoms with van der Waals surface area (Å²) in [4.78, 5) is 3.41. The van der Waals surface area contributed by atoms with Gasteiger partial charge < -0.3 is 4.85 Å².